The fraction of sp³-hybridized carbons (Fsp3) is 0.654. The molecule has 0 N–H and O–H groups in total. The Labute approximate surface area is 184 Å². The molecule has 0 amide bonds. The number of unbranched alkanes of at least 4 members (excludes halogenated alkanes) is 1. The second-order valence-electron chi connectivity index (χ2n) is 9.39. The van der Waals surface area contributed by atoms with Crippen molar-refractivity contribution < 1.29 is 17.9 Å². The van der Waals surface area contributed by atoms with Crippen LogP contribution in [0.2, 0.25) is 0 Å². The number of hydrogen-bond acceptors (Lipinski definition) is 2. The number of hydrogen-bond donors (Lipinski definition) is 0. The largest absolute Gasteiger partial charge is 0.573 e. The van der Waals surface area contributed by atoms with Crippen molar-refractivity contribution in [2.45, 2.75) is 89.3 Å². The zero-order chi connectivity index (χ0) is 22.1. The Morgan fingerprint density at radius 2 is 1.42 bits per heavy atom. The van der Waals surface area contributed by atoms with E-state index in [-0.39, 0.29) is 5.75 Å². The minimum absolute atomic E-state index is 0.142. The van der Waals surface area contributed by atoms with E-state index in [1.54, 1.807) is 18.2 Å². The Hall–Kier alpha value is -1.96. The van der Waals surface area contributed by atoms with Gasteiger partial charge in [-0.05, 0) is 92.7 Å². The number of benzene rings is 1. The molecular weight excluding hydrogens is 399 g/mol. The van der Waals surface area contributed by atoms with Crippen LogP contribution in [0.15, 0.2) is 36.4 Å². The summed E-state index contributed by atoms with van der Waals surface area (Å²) in [7, 11) is 0. The van der Waals surface area contributed by atoms with Gasteiger partial charge in [-0.3, -0.25) is 0 Å². The molecule has 0 aliphatic heterocycles. The van der Waals surface area contributed by atoms with E-state index in [1.165, 1.54) is 76.3 Å². The lowest BCUT2D eigenvalue weighted by Crippen LogP contribution is -2.17. The third-order valence-corrected chi connectivity index (χ3v) is 7.24. The predicted molar refractivity (Wildman–Crippen MR) is 116 cm³/mol. The quantitative estimate of drug-likeness (QED) is 0.305. The molecule has 2 saturated carbocycles. The van der Waals surface area contributed by atoms with Crippen molar-refractivity contribution in [1.82, 2.24) is 0 Å². The van der Waals surface area contributed by atoms with Crippen molar-refractivity contribution >= 4 is 0 Å². The SMILES string of the molecule is N#C/C=C/[C@H]1CC[C@H](CCCC[C@H]2CC[C@H](c3ccc(OC(F)(F)F)cc3)CC2)CC1. The van der Waals surface area contributed by atoms with Crippen LogP contribution >= 0.6 is 0 Å². The first-order valence-electron chi connectivity index (χ1n) is 11.8. The lowest BCUT2D eigenvalue weighted by atomic mass is 9.76. The van der Waals surface area contributed by atoms with E-state index in [9.17, 15) is 13.2 Å². The lowest BCUT2D eigenvalue weighted by molar-refractivity contribution is -0.274. The summed E-state index contributed by atoms with van der Waals surface area (Å²) in [6.45, 7) is 0. The summed E-state index contributed by atoms with van der Waals surface area (Å²) in [5.41, 5.74) is 1.13. The number of ether oxygens (including phenoxy) is 1. The van der Waals surface area contributed by atoms with Crippen molar-refractivity contribution in [3.63, 3.8) is 0 Å². The highest BCUT2D eigenvalue weighted by Gasteiger charge is 2.31. The average Bonchev–Trinajstić information content (AvgIpc) is 2.76. The van der Waals surface area contributed by atoms with Crippen LogP contribution in [-0.2, 0) is 0 Å². The first-order chi connectivity index (χ1) is 14.9. The normalized spacial score (nSPS) is 27.2. The standard InChI is InChI=1S/C26H34F3NO/c27-26(28,29)31-25-17-15-24(16-18-25)23-13-11-21(12-14-23)5-2-1-4-20-7-9-22(10-8-20)6-3-19-30/h3,6,15-18,20-23H,1-2,4-5,7-14H2/b6-3+/t20-,21-,22-,23-. The number of halogens is 3. The highest BCUT2D eigenvalue weighted by Crippen LogP contribution is 2.39. The maximum absolute atomic E-state index is 12.3. The van der Waals surface area contributed by atoms with Crippen LogP contribution in [0.25, 0.3) is 0 Å². The van der Waals surface area contributed by atoms with E-state index in [2.05, 4.69) is 16.9 Å². The Morgan fingerprint density at radius 1 is 0.871 bits per heavy atom. The molecule has 0 aromatic heterocycles. The molecule has 1 aromatic rings. The summed E-state index contributed by atoms with van der Waals surface area (Å²) in [5.74, 6) is 2.60. The number of allylic oxidation sites excluding steroid dienone is 2. The van der Waals surface area contributed by atoms with Gasteiger partial charge in [0.2, 0.25) is 0 Å². The molecule has 31 heavy (non-hydrogen) atoms. The van der Waals surface area contributed by atoms with E-state index >= 15 is 0 Å². The molecule has 5 heteroatoms. The van der Waals surface area contributed by atoms with E-state index in [0.717, 1.165) is 30.2 Å². The molecule has 0 unspecified atom stereocenters. The molecule has 0 radical (unpaired) electrons. The predicted octanol–water partition coefficient (Wildman–Crippen LogP) is 8.31. The Bertz CT molecular complexity index is 719. The molecule has 2 fully saturated rings. The van der Waals surface area contributed by atoms with Crippen LogP contribution < -0.4 is 4.74 Å². The van der Waals surface area contributed by atoms with E-state index in [4.69, 9.17) is 5.26 Å². The maximum atomic E-state index is 12.3. The molecule has 2 aliphatic carbocycles. The van der Waals surface area contributed by atoms with Crippen molar-refractivity contribution in [3.05, 3.63) is 42.0 Å². The van der Waals surface area contributed by atoms with Crippen LogP contribution in [0.3, 0.4) is 0 Å². The van der Waals surface area contributed by atoms with Crippen LogP contribution in [0.4, 0.5) is 13.2 Å². The summed E-state index contributed by atoms with van der Waals surface area (Å²) < 4.78 is 40.8. The van der Waals surface area contributed by atoms with Crippen molar-refractivity contribution in [1.29, 1.82) is 5.26 Å². The van der Waals surface area contributed by atoms with Gasteiger partial charge in [-0.1, -0.05) is 43.9 Å². The number of rotatable bonds is 8. The van der Waals surface area contributed by atoms with Gasteiger partial charge in [0.1, 0.15) is 5.75 Å². The molecule has 2 nitrogen and oxygen atoms in total. The lowest BCUT2D eigenvalue weighted by Gasteiger charge is -2.29. The van der Waals surface area contributed by atoms with E-state index in [0.29, 0.717) is 11.8 Å². The van der Waals surface area contributed by atoms with Crippen LogP contribution in [0, 0.1) is 29.1 Å². The van der Waals surface area contributed by atoms with Crippen molar-refractivity contribution in [2.24, 2.45) is 17.8 Å². The molecule has 1 aromatic carbocycles. The second kappa shape index (κ2) is 11.6. The van der Waals surface area contributed by atoms with E-state index in [1.807, 2.05) is 0 Å². The van der Waals surface area contributed by atoms with Gasteiger partial charge < -0.3 is 4.74 Å². The Morgan fingerprint density at radius 3 is 1.94 bits per heavy atom. The van der Waals surface area contributed by atoms with Gasteiger partial charge in [-0.2, -0.15) is 5.26 Å². The minimum Gasteiger partial charge on any atom is -0.406 e. The highest BCUT2D eigenvalue weighted by molar-refractivity contribution is 5.29. The second-order valence-corrected chi connectivity index (χ2v) is 9.39. The number of alkyl halides is 3. The van der Waals surface area contributed by atoms with Gasteiger partial charge in [0.25, 0.3) is 0 Å². The fourth-order valence-electron chi connectivity index (χ4n) is 5.44. The monoisotopic (exact) mass is 433 g/mol. The smallest absolute Gasteiger partial charge is 0.406 e. The number of nitriles is 1. The van der Waals surface area contributed by atoms with Gasteiger partial charge in [0.15, 0.2) is 0 Å². The highest BCUT2D eigenvalue weighted by atomic mass is 19.4. The van der Waals surface area contributed by atoms with Crippen molar-refractivity contribution in [3.8, 4) is 11.8 Å². The molecule has 0 spiro atoms. The van der Waals surface area contributed by atoms with Gasteiger partial charge in [0.05, 0.1) is 6.07 Å². The minimum atomic E-state index is -4.63. The molecule has 3 rings (SSSR count). The molecule has 2 aliphatic rings. The van der Waals surface area contributed by atoms with Gasteiger partial charge in [0, 0.05) is 6.08 Å². The zero-order valence-corrected chi connectivity index (χ0v) is 18.2. The third-order valence-electron chi connectivity index (χ3n) is 7.24. The van der Waals surface area contributed by atoms with Crippen LogP contribution in [0.5, 0.6) is 5.75 Å². The molecule has 0 saturated heterocycles. The zero-order valence-electron chi connectivity index (χ0n) is 18.2. The first kappa shape index (κ1) is 23.7. The molecular formula is C26H34F3NO. The molecule has 0 heterocycles. The Balaban J connectivity index is 1.29. The fourth-order valence-corrected chi connectivity index (χ4v) is 5.44. The van der Waals surface area contributed by atoms with E-state index < -0.39 is 6.36 Å². The molecule has 0 atom stereocenters. The van der Waals surface area contributed by atoms with Gasteiger partial charge in [-0.15, -0.1) is 13.2 Å². The Kier molecular flexibility index (Phi) is 8.87. The van der Waals surface area contributed by atoms with Gasteiger partial charge >= 0.3 is 6.36 Å². The summed E-state index contributed by atoms with van der Waals surface area (Å²) in [4.78, 5) is 0. The maximum Gasteiger partial charge on any atom is 0.573 e. The number of nitrogens with zero attached hydrogens (tertiary/aromatic N) is 1. The summed E-state index contributed by atoms with van der Waals surface area (Å²) >= 11 is 0. The van der Waals surface area contributed by atoms with Crippen molar-refractivity contribution in [2.75, 3.05) is 0 Å². The molecule has 170 valence electrons. The van der Waals surface area contributed by atoms with Gasteiger partial charge in [-0.25, -0.2) is 0 Å². The first-order valence-corrected chi connectivity index (χ1v) is 11.8. The summed E-state index contributed by atoms with van der Waals surface area (Å²) in [5, 5.41) is 8.64. The average molecular weight is 434 g/mol. The van der Waals surface area contributed by atoms with Crippen LogP contribution in [0.1, 0.15) is 88.5 Å². The van der Waals surface area contributed by atoms with Crippen LogP contribution in [-0.4, -0.2) is 6.36 Å². The summed E-state index contributed by atoms with van der Waals surface area (Å²) in [6.07, 6.45) is 14.2. The topological polar surface area (TPSA) is 33.0 Å². The third kappa shape index (κ3) is 8.24. The molecule has 0 bridgehead atoms. The summed E-state index contributed by atoms with van der Waals surface area (Å²) in [6, 6.07) is 8.54.